The van der Waals surface area contributed by atoms with E-state index in [2.05, 4.69) is 0 Å². The Hall–Kier alpha value is -1.02. The first-order valence-electron chi connectivity index (χ1n) is 8.38. The molecular formula is C15H18F14O. The van der Waals surface area contributed by atoms with Crippen molar-refractivity contribution >= 4 is 0 Å². The molecule has 0 aliphatic rings. The highest BCUT2D eigenvalue weighted by atomic mass is 19.4. The Bertz CT molecular complexity index is 558. The van der Waals surface area contributed by atoms with Crippen molar-refractivity contribution < 1.29 is 66.6 Å². The molecule has 0 radical (unpaired) electrons. The van der Waals surface area contributed by atoms with Crippen LogP contribution in [-0.4, -0.2) is 53.2 Å². The third kappa shape index (κ3) is 4.45. The predicted octanol–water partition coefficient (Wildman–Crippen LogP) is 6.79. The monoisotopic (exact) mass is 480 g/mol. The number of aliphatic hydroxyl groups excluding tert-OH is 1. The third-order valence-electron chi connectivity index (χ3n) is 4.24. The molecule has 0 atom stereocenters. The molecule has 0 spiro atoms. The van der Waals surface area contributed by atoms with Crippen LogP contribution in [0.5, 0.6) is 0 Å². The molecule has 0 aromatic heterocycles. The molecule has 1 N–H and O–H groups in total. The normalized spacial score (nSPS) is 15.6. The molecule has 1 nitrogen and oxygen atoms in total. The quantitative estimate of drug-likeness (QED) is 0.228. The minimum absolute atomic E-state index is 0.0709. The number of alkyl halides is 14. The molecular weight excluding hydrogens is 462 g/mol. The first-order valence-corrected chi connectivity index (χ1v) is 8.38. The molecule has 15 heteroatoms. The fourth-order valence-corrected chi connectivity index (χ4v) is 2.26. The summed E-state index contributed by atoms with van der Waals surface area (Å²) in [5.74, 6) is -50.7. The Balaban J connectivity index is 6.27. The lowest BCUT2D eigenvalue weighted by atomic mass is 9.87. The predicted molar refractivity (Wildman–Crippen MR) is 75.1 cm³/mol. The van der Waals surface area contributed by atoms with Crippen LogP contribution >= 0.6 is 0 Å². The smallest absolute Gasteiger partial charge is 0.384 e. The van der Waals surface area contributed by atoms with Crippen molar-refractivity contribution in [1.82, 2.24) is 0 Å². The van der Waals surface area contributed by atoms with Crippen LogP contribution in [0.4, 0.5) is 61.5 Å². The third-order valence-corrected chi connectivity index (χ3v) is 4.24. The minimum Gasteiger partial charge on any atom is -0.396 e. The van der Waals surface area contributed by atoms with Gasteiger partial charge in [0.2, 0.25) is 0 Å². The summed E-state index contributed by atoms with van der Waals surface area (Å²) in [6.45, 7) is 0.0183. The van der Waals surface area contributed by atoms with E-state index >= 15 is 0 Å². The molecule has 0 aliphatic heterocycles. The van der Waals surface area contributed by atoms with Gasteiger partial charge in [-0.15, -0.1) is 0 Å². The Morgan fingerprint density at radius 1 is 0.467 bits per heavy atom. The zero-order valence-electron chi connectivity index (χ0n) is 15.2. The maximum atomic E-state index is 13.6. The van der Waals surface area contributed by atoms with Crippen LogP contribution < -0.4 is 0 Å². The molecule has 0 rings (SSSR count). The van der Waals surface area contributed by atoms with Gasteiger partial charge < -0.3 is 5.11 Å². The minimum atomic E-state index is -8.02. The molecule has 0 amide bonds. The first kappa shape index (κ1) is 29.0. The fraction of sp³-hybridized carbons (Fsp3) is 1.00. The Morgan fingerprint density at radius 2 is 0.767 bits per heavy atom. The zero-order chi connectivity index (χ0) is 24.4. The van der Waals surface area contributed by atoms with Crippen molar-refractivity contribution in [1.29, 1.82) is 0 Å². The van der Waals surface area contributed by atoms with Gasteiger partial charge in [0.15, 0.2) is 0 Å². The summed E-state index contributed by atoms with van der Waals surface area (Å²) in [4.78, 5) is 0. The van der Waals surface area contributed by atoms with Crippen LogP contribution in [0.3, 0.4) is 0 Å². The summed E-state index contributed by atoms with van der Waals surface area (Å²) in [6.07, 6.45) is -7.13. The van der Waals surface area contributed by atoms with E-state index in [1.54, 1.807) is 0 Å². The molecule has 0 saturated heterocycles. The molecule has 0 aliphatic carbocycles. The lowest BCUT2D eigenvalue weighted by molar-refractivity contribution is -0.442. The molecule has 0 heterocycles. The van der Waals surface area contributed by atoms with Gasteiger partial charge in [-0.1, -0.05) is 19.8 Å². The molecule has 0 aromatic carbocycles. The van der Waals surface area contributed by atoms with Crippen LogP contribution in [0.25, 0.3) is 0 Å². The lowest BCUT2D eigenvalue weighted by Gasteiger charge is -2.42. The van der Waals surface area contributed by atoms with Gasteiger partial charge >= 0.3 is 41.5 Å². The Labute approximate surface area is 161 Å². The largest absolute Gasteiger partial charge is 0.396 e. The van der Waals surface area contributed by atoms with Crippen molar-refractivity contribution in [3.63, 3.8) is 0 Å². The molecule has 0 aromatic rings. The highest BCUT2D eigenvalue weighted by Gasteiger charge is 2.92. The average molecular weight is 480 g/mol. The molecule has 0 fully saturated rings. The molecule has 30 heavy (non-hydrogen) atoms. The van der Waals surface area contributed by atoms with Gasteiger partial charge in [-0.05, 0) is 12.8 Å². The number of hydrogen-bond donors (Lipinski definition) is 1. The maximum absolute atomic E-state index is 13.6. The van der Waals surface area contributed by atoms with E-state index in [1.807, 2.05) is 0 Å². The van der Waals surface area contributed by atoms with E-state index in [0.717, 1.165) is 0 Å². The van der Waals surface area contributed by atoms with Crippen molar-refractivity contribution in [3.8, 4) is 0 Å². The number of halogens is 14. The van der Waals surface area contributed by atoms with Crippen LogP contribution in [0.15, 0.2) is 0 Å². The highest BCUT2D eigenvalue weighted by Crippen LogP contribution is 2.63. The summed E-state index contributed by atoms with van der Waals surface area (Å²) in [5, 5.41) is 8.26. The van der Waals surface area contributed by atoms with Crippen molar-refractivity contribution in [2.45, 2.75) is 86.9 Å². The van der Waals surface area contributed by atoms with Gasteiger partial charge in [-0.2, -0.15) is 61.5 Å². The van der Waals surface area contributed by atoms with E-state index in [1.165, 1.54) is 6.92 Å². The van der Waals surface area contributed by atoms with Gasteiger partial charge in [-0.25, -0.2) is 0 Å². The topological polar surface area (TPSA) is 20.2 Å². The first-order chi connectivity index (χ1) is 13.1. The SMILES string of the molecule is CCCCCC(F)(F)C(F)(F)C(F)(F)C(F)(F)C(F)(F)C(F)(F)C(F)(F)CCCO. The standard InChI is InChI=1S/C15H18F14O/c1-2-3-4-6-9(16,17)11(20,21)13(24,25)15(28,29)14(26,27)12(22,23)10(18,19)7-5-8-30/h30H,2-8H2,1H3. The summed E-state index contributed by atoms with van der Waals surface area (Å²) < 4.78 is 189. The number of aliphatic hydroxyl groups is 1. The fourth-order valence-electron chi connectivity index (χ4n) is 2.26. The zero-order valence-corrected chi connectivity index (χ0v) is 15.2. The Morgan fingerprint density at radius 3 is 1.07 bits per heavy atom. The van der Waals surface area contributed by atoms with E-state index in [4.69, 9.17) is 5.11 Å². The highest BCUT2D eigenvalue weighted by molar-refractivity contribution is 5.14. The maximum Gasteiger partial charge on any atom is 0.384 e. The molecule has 182 valence electrons. The van der Waals surface area contributed by atoms with Crippen LogP contribution in [0, 0.1) is 0 Å². The Kier molecular flexibility index (Phi) is 8.55. The van der Waals surface area contributed by atoms with Crippen molar-refractivity contribution in [2.75, 3.05) is 6.61 Å². The summed E-state index contributed by atoms with van der Waals surface area (Å²) in [6, 6.07) is 0. The summed E-state index contributed by atoms with van der Waals surface area (Å²) in [5.41, 5.74) is 0. The van der Waals surface area contributed by atoms with Crippen molar-refractivity contribution in [2.24, 2.45) is 0 Å². The molecule has 0 bridgehead atoms. The summed E-state index contributed by atoms with van der Waals surface area (Å²) in [7, 11) is 0. The second kappa shape index (κ2) is 8.85. The average Bonchev–Trinajstić information content (AvgIpc) is 2.59. The van der Waals surface area contributed by atoms with Crippen LogP contribution in [0.2, 0.25) is 0 Å². The second-order valence-electron chi connectivity index (χ2n) is 6.57. The second-order valence-corrected chi connectivity index (χ2v) is 6.57. The van der Waals surface area contributed by atoms with Crippen LogP contribution in [-0.2, 0) is 0 Å². The number of rotatable bonds is 13. The molecule has 0 saturated carbocycles. The van der Waals surface area contributed by atoms with Crippen LogP contribution in [0.1, 0.15) is 45.4 Å². The summed E-state index contributed by atoms with van der Waals surface area (Å²) >= 11 is 0. The van der Waals surface area contributed by atoms with Gasteiger partial charge in [0.1, 0.15) is 0 Å². The van der Waals surface area contributed by atoms with E-state index in [-0.39, 0.29) is 12.8 Å². The van der Waals surface area contributed by atoms with E-state index < -0.39 is 73.7 Å². The lowest BCUT2D eigenvalue weighted by Crippen LogP contribution is -2.73. The van der Waals surface area contributed by atoms with E-state index in [0.29, 0.717) is 0 Å². The van der Waals surface area contributed by atoms with Gasteiger partial charge in [0.05, 0.1) is 0 Å². The van der Waals surface area contributed by atoms with Gasteiger partial charge in [-0.3, -0.25) is 0 Å². The van der Waals surface area contributed by atoms with Gasteiger partial charge in [0, 0.05) is 19.4 Å². The van der Waals surface area contributed by atoms with Crippen molar-refractivity contribution in [3.05, 3.63) is 0 Å². The molecule has 0 unspecified atom stereocenters. The number of hydrogen-bond acceptors (Lipinski definition) is 1. The van der Waals surface area contributed by atoms with Gasteiger partial charge in [0.25, 0.3) is 0 Å². The number of unbranched alkanes of at least 4 members (excludes halogenated alkanes) is 2. The van der Waals surface area contributed by atoms with E-state index in [9.17, 15) is 61.5 Å².